The fourth-order valence-electron chi connectivity index (χ4n) is 3.20. The van der Waals surface area contributed by atoms with E-state index in [4.69, 9.17) is 23.2 Å². The minimum absolute atomic E-state index is 0.0710. The molecular weight excluding hydrogens is 547 g/mol. The minimum Gasteiger partial charge on any atom is -0.321 e. The van der Waals surface area contributed by atoms with Gasteiger partial charge in [0, 0.05) is 21.7 Å². The molecule has 0 fully saturated rings. The van der Waals surface area contributed by atoms with Crippen molar-refractivity contribution in [2.24, 2.45) is 0 Å². The molecule has 0 bridgehead atoms. The summed E-state index contributed by atoms with van der Waals surface area (Å²) in [5, 5.41) is 10.0. The Balaban J connectivity index is 1.40. The normalized spacial score (nSPS) is 11.1. The standard InChI is InChI=1S/C28H20Cl2N2O3S2/c29-23-11-6-20(15-24(23)30)26(33)17-37-22-9-7-21(8-10-22)31-28(35)25(14-18-12-13-36-16-18)32-27(34)19-4-2-1-3-5-19/h1-16H,17H2,(H,31,35)(H,32,34)/b25-14-. The summed E-state index contributed by atoms with van der Waals surface area (Å²) < 4.78 is 0. The van der Waals surface area contributed by atoms with Gasteiger partial charge in [-0.3, -0.25) is 14.4 Å². The van der Waals surface area contributed by atoms with Crippen LogP contribution in [-0.2, 0) is 4.79 Å². The van der Waals surface area contributed by atoms with Gasteiger partial charge in [-0.2, -0.15) is 11.3 Å². The first-order chi connectivity index (χ1) is 17.9. The van der Waals surface area contributed by atoms with E-state index in [0.717, 1.165) is 10.5 Å². The van der Waals surface area contributed by atoms with Crippen molar-refractivity contribution in [3.63, 3.8) is 0 Å². The monoisotopic (exact) mass is 566 g/mol. The molecule has 37 heavy (non-hydrogen) atoms. The number of carbonyl (C=O) groups is 3. The number of hydrogen-bond donors (Lipinski definition) is 2. The Labute approximate surface area is 232 Å². The van der Waals surface area contributed by atoms with Crippen molar-refractivity contribution in [1.82, 2.24) is 5.32 Å². The minimum atomic E-state index is -0.453. The molecule has 0 spiro atoms. The number of nitrogens with one attached hydrogen (secondary N) is 2. The highest BCUT2D eigenvalue weighted by Crippen LogP contribution is 2.25. The predicted octanol–water partition coefficient (Wildman–Crippen LogP) is 7.44. The average molecular weight is 568 g/mol. The van der Waals surface area contributed by atoms with Crippen LogP contribution in [0.25, 0.3) is 6.08 Å². The second-order valence-corrected chi connectivity index (χ2v) is 10.4. The number of hydrogen-bond acceptors (Lipinski definition) is 5. The van der Waals surface area contributed by atoms with E-state index in [-0.39, 0.29) is 23.1 Å². The molecule has 9 heteroatoms. The zero-order chi connectivity index (χ0) is 26.2. The van der Waals surface area contributed by atoms with E-state index in [1.54, 1.807) is 60.7 Å². The number of halogens is 2. The molecule has 1 heterocycles. The van der Waals surface area contributed by atoms with Gasteiger partial charge in [-0.15, -0.1) is 11.8 Å². The molecule has 0 aliphatic heterocycles. The molecule has 0 saturated carbocycles. The van der Waals surface area contributed by atoms with Crippen LogP contribution < -0.4 is 10.6 Å². The van der Waals surface area contributed by atoms with Crippen LogP contribution in [-0.4, -0.2) is 23.4 Å². The maximum atomic E-state index is 13.1. The number of thioether (sulfide) groups is 1. The topological polar surface area (TPSA) is 75.3 Å². The van der Waals surface area contributed by atoms with E-state index in [1.165, 1.54) is 23.1 Å². The molecule has 0 saturated heterocycles. The molecule has 0 unspecified atom stereocenters. The summed E-state index contributed by atoms with van der Waals surface area (Å²) in [5.41, 5.74) is 2.42. The largest absolute Gasteiger partial charge is 0.321 e. The third-order valence-electron chi connectivity index (χ3n) is 5.11. The summed E-state index contributed by atoms with van der Waals surface area (Å²) in [4.78, 5) is 39.1. The Hall–Kier alpha value is -3.36. The Morgan fingerprint density at radius 1 is 0.865 bits per heavy atom. The van der Waals surface area contributed by atoms with Gasteiger partial charge in [0.2, 0.25) is 0 Å². The first-order valence-electron chi connectivity index (χ1n) is 11.0. The fourth-order valence-corrected chi connectivity index (χ4v) is 4.91. The van der Waals surface area contributed by atoms with Crippen LogP contribution in [0.15, 0.2) is 100 Å². The Kier molecular flexibility index (Phi) is 9.19. The molecule has 0 aliphatic rings. The molecule has 4 aromatic rings. The van der Waals surface area contributed by atoms with Gasteiger partial charge in [-0.05, 0) is 83.1 Å². The van der Waals surface area contributed by atoms with Crippen LogP contribution in [0.1, 0.15) is 26.3 Å². The second-order valence-electron chi connectivity index (χ2n) is 7.75. The molecule has 1 aromatic heterocycles. The van der Waals surface area contributed by atoms with E-state index in [9.17, 15) is 14.4 Å². The second kappa shape index (κ2) is 12.7. The highest BCUT2D eigenvalue weighted by molar-refractivity contribution is 8.00. The van der Waals surface area contributed by atoms with Crippen molar-refractivity contribution in [3.8, 4) is 0 Å². The maximum absolute atomic E-state index is 13.1. The first-order valence-corrected chi connectivity index (χ1v) is 13.7. The summed E-state index contributed by atoms with van der Waals surface area (Å²) >= 11 is 14.8. The zero-order valence-electron chi connectivity index (χ0n) is 19.2. The van der Waals surface area contributed by atoms with Crippen LogP contribution in [0.4, 0.5) is 5.69 Å². The molecule has 2 amide bonds. The molecule has 3 aromatic carbocycles. The Morgan fingerprint density at radius 2 is 1.62 bits per heavy atom. The van der Waals surface area contributed by atoms with E-state index in [1.807, 2.05) is 35.0 Å². The van der Waals surface area contributed by atoms with E-state index in [2.05, 4.69) is 10.6 Å². The average Bonchev–Trinajstić information content (AvgIpc) is 3.43. The van der Waals surface area contributed by atoms with Crippen molar-refractivity contribution in [3.05, 3.63) is 122 Å². The van der Waals surface area contributed by atoms with Crippen molar-refractivity contribution >= 4 is 75.7 Å². The van der Waals surface area contributed by atoms with E-state index in [0.29, 0.717) is 26.9 Å². The lowest BCUT2D eigenvalue weighted by Crippen LogP contribution is -2.30. The molecule has 0 radical (unpaired) electrons. The number of thiophene rings is 1. The summed E-state index contributed by atoms with van der Waals surface area (Å²) in [5.74, 6) is -0.678. The lowest BCUT2D eigenvalue weighted by atomic mass is 10.1. The number of ketones is 1. The summed E-state index contributed by atoms with van der Waals surface area (Å²) in [6.07, 6.45) is 1.63. The van der Waals surface area contributed by atoms with Crippen molar-refractivity contribution in [2.45, 2.75) is 4.90 Å². The van der Waals surface area contributed by atoms with E-state index < -0.39 is 5.91 Å². The van der Waals surface area contributed by atoms with E-state index >= 15 is 0 Å². The van der Waals surface area contributed by atoms with Gasteiger partial charge in [-0.25, -0.2) is 0 Å². The van der Waals surface area contributed by atoms with Gasteiger partial charge in [0.05, 0.1) is 15.8 Å². The van der Waals surface area contributed by atoms with Gasteiger partial charge in [0.1, 0.15) is 5.70 Å². The molecule has 0 atom stereocenters. The number of carbonyl (C=O) groups excluding carboxylic acids is 3. The summed E-state index contributed by atoms with van der Waals surface area (Å²) in [6.45, 7) is 0. The highest BCUT2D eigenvalue weighted by Gasteiger charge is 2.15. The third kappa shape index (κ3) is 7.57. The van der Waals surface area contributed by atoms with Crippen LogP contribution in [0.5, 0.6) is 0 Å². The molecule has 0 aliphatic carbocycles. The summed E-state index contributed by atoms with van der Waals surface area (Å²) in [7, 11) is 0. The van der Waals surface area contributed by atoms with Crippen LogP contribution in [0.3, 0.4) is 0 Å². The SMILES string of the molecule is O=C(Nc1ccc(SCC(=O)c2ccc(Cl)c(Cl)c2)cc1)/C(=C/c1ccsc1)NC(=O)c1ccccc1. The molecule has 2 N–H and O–H groups in total. The highest BCUT2D eigenvalue weighted by atomic mass is 35.5. The number of benzene rings is 3. The van der Waals surface area contributed by atoms with Gasteiger partial charge in [0.25, 0.3) is 11.8 Å². The van der Waals surface area contributed by atoms with Crippen molar-refractivity contribution in [2.75, 3.05) is 11.1 Å². The molecular formula is C28H20Cl2N2O3S2. The lowest BCUT2D eigenvalue weighted by molar-refractivity contribution is -0.113. The number of rotatable bonds is 9. The van der Waals surface area contributed by atoms with Crippen molar-refractivity contribution in [1.29, 1.82) is 0 Å². The molecule has 5 nitrogen and oxygen atoms in total. The quantitative estimate of drug-likeness (QED) is 0.125. The first kappa shape index (κ1) is 26.7. The van der Waals surface area contributed by atoms with Gasteiger partial charge >= 0.3 is 0 Å². The fraction of sp³-hybridized carbons (Fsp3) is 0.0357. The Morgan fingerprint density at radius 3 is 2.30 bits per heavy atom. The number of anilines is 1. The third-order valence-corrected chi connectivity index (χ3v) is 7.56. The Bertz CT molecular complexity index is 1440. The van der Waals surface area contributed by atoms with Gasteiger partial charge in [0.15, 0.2) is 5.78 Å². The van der Waals surface area contributed by atoms with Crippen LogP contribution >= 0.6 is 46.3 Å². The molecule has 4 rings (SSSR count). The zero-order valence-corrected chi connectivity index (χ0v) is 22.4. The lowest BCUT2D eigenvalue weighted by Gasteiger charge is -2.11. The van der Waals surface area contributed by atoms with Crippen LogP contribution in [0, 0.1) is 0 Å². The molecule has 186 valence electrons. The smallest absolute Gasteiger partial charge is 0.272 e. The van der Waals surface area contributed by atoms with Crippen LogP contribution in [0.2, 0.25) is 10.0 Å². The number of amides is 2. The van der Waals surface area contributed by atoms with Gasteiger partial charge < -0.3 is 10.6 Å². The predicted molar refractivity (Wildman–Crippen MR) is 153 cm³/mol. The number of Topliss-reactive ketones (excluding diaryl/α,β-unsaturated/α-hetero) is 1. The van der Waals surface area contributed by atoms with Crippen molar-refractivity contribution < 1.29 is 14.4 Å². The maximum Gasteiger partial charge on any atom is 0.272 e. The van der Waals surface area contributed by atoms with Gasteiger partial charge in [-0.1, -0.05) is 41.4 Å². The summed E-state index contributed by atoms with van der Waals surface area (Å²) in [6, 6.07) is 22.5.